The molecule has 0 saturated heterocycles. The van der Waals surface area contributed by atoms with Gasteiger partial charge in [0.1, 0.15) is 0 Å². The topological polar surface area (TPSA) is 17.3 Å². The van der Waals surface area contributed by atoms with E-state index >= 15 is 0 Å². The Bertz CT molecular complexity index is 497. The van der Waals surface area contributed by atoms with Crippen LogP contribution in [0, 0.1) is 0 Å². The summed E-state index contributed by atoms with van der Waals surface area (Å²) in [4.78, 5) is 0. The van der Waals surface area contributed by atoms with Gasteiger partial charge in [0.15, 0.2) is 0 Å². The molecule has 2 aromatic rings. The molecule has 17 heavy (non-hydrogen) atoms. The molecule has 2 heterocycles. The Morgan fingerprint density at radius 1 is 1.35 bits per heavy atom. The van der Waals surface area contributed by atoms with Gasteiger partial charge in [-0.05, 0) is 25.0 Å². The fourth-order valence-electron chi connectivity index (χ4n) is 2.22. The van der Waals surface area contributed by atoms with Crippen LogP contribution in [-0.4, -0.2) is 9.61 Å². The van der Waals surface area contributed by atoms with E-state index in [1.807, 2.05) is 22.9 Å². The molecule has 0 amide bonds. The number of unbranched alkanes of at least 4 members (excludes halogenated alkanes) is 2. The second-order valence-corrected chi connectivity index (χ2v) is 4.41. The molecule has 90 valence electrons. The highest BCUT2D eigenvalue weighted by Gasteiger charge is 2.10. The minimum atomic E-state index is 0.864. The predicted octanol–water partition coefficient (Wildman–Crippen LogP) is 3.80. The van der Waals surface area contributed by atoms with Crippen molar-refractivity contribution < 1.29 is 0 Å². The molecule has 2 nitrogen and oxygen atoms in total. The second-order valence-electron chi connectivity index (χ2n) is 4.41. The summed E-state index contributed by atoms with van der Waals surface area (Å²) in [5.41, 5.74) is 3.83. The minimum Gasteiger partial charge on any atom is -0.240 e. The van der Waals surface area contributed by atoms with E-state index in [1.165, 1.54) is 36.0 Å². The molecule has 0 bridgehead atoms. The Labute approximate surface area is 103 Å². The fourth-order valence-corrected chi connectivity index (χ4v) is 2.22. The SMILES string of the molecule is C=CCc1nn2ccccc2c1CCCCC. The maximum Gasteiger partial charge on any atom is 0.0704 e. The lowest BCUT2D eigenvalue weighted by Crippen LogP contribution is -1.91. The summed E-state index contributed by atoms with van der Waals surface area (Å²) in [6.07, 6.45) is 9.74. The van der Waals surface area contributed by atoms with Gasteiger partial charge in [-0.1, -0.05) is 31.9 Å². The largest absolute Gasteiger partial charge is 0.240 e. The van der Waals surface area contributed by atoms with Crippen molar-refractivity contribution in [3.63, 3.8) is 0 Å². The molecule has 2 rings (SSSR count). The van der Waals surface area contributed by atoms with Crippen LogP contribution in [0.4, 0.5) is 0 Å². The fraction of sp³-hybridized carbons (Fsp3) is 0.400. The van der Waals surface area contributed by atoms with Crippen molar-refractivity contribution in [3.05, 3.63) is 48.3 Å². The van der Waals surface area contributed by atoms with Crippen LogP contribution in [-0.2, 0) is 12.8 Å². The van der Waals surface area contributed by atoms with Gasteiger partial charge >= 0.3 is 0 Å². The number of nitrogens with zero attached hydrogens (tertiary/aromatic N) is 2. The summed E-state index contributed by atoms with van der Waals surface area (Å²) < 4.78 is 1.99. The van der Waals surface area contributed by atoms with Crippen LogP contribution in [0.5, 0.6) is 0 Å². The lowest BCUT2D eigenvalue weighted by Gasteiger charge is -2.00. The highest BCUT2D eigenvalue weighted by Crippen LogP contribution is 2.19. The zero-order chi connectivity index (χ0) is 12.1. The third-order valence-electron chi connectivity index (χ3n) is 3.09. The first-order valence-corrected chi connectivity index (χ1v) is 6.42. The second kappa shape index (κ2) is 5.67. The maximum absolute atomic E-state index is 4.63. The van der Waals surface area contributed by atoms with Gasteiger partial charge in [0.05, 0.1) is 11.2 Å². The number of aryl methyl sites for hydroxylation is 1. The Balaban J connectivity index is 2.33. The average molecular weight is 228 g/mol. The molecule has 0 aliphatic carbocycles. The van der Waals surface area contributed by atoms with Crippen LogP contribution in [0.15, 0.2) is 37.1 Å². The van der Waals surface area contributed by atoms with E-state index in [9.17, 15) is 0 Å². The van der Waals surface area contributed by atoms with Crippen molar-refractivity contribution in [1.29, 1.82) is 0 Å². The van der Waals surface area contributed by atoms with Crippen molar-refractivity contribution in [1.82, 2.24) is 9.61 Å². The number of aromatic nitrogens is 2. The maximum atomic E-state index is 4.63. The molecule has 0 N–H and O–H groups in total. The Morgan fingerprint density at radius 2 is 2.24 bits per heavy atom. The van der Waals surface area contributed by atoms with Crippen LogP contribution >= 0.6 is 0 Å². The standard InChI is InChI=1S/C15H20N2/c1-3-5-6-10-13-14(9-4-2)16-17-12-8-7-11-15(13)17/h4,7-8,11-12H,2-3,5-6,9-10H2,1H3. The first kappa shape index (κ1) is 11.9. The van der Waals surface area contributed by atoms with Gasteiger partial charge < -0.3 is 0 Å². The van der Waals surface area contributed by atoms with Gasteiger partial charge in [0, 0.05) is 18.2 Å². The minimum absolute atomic E-state index is 0.864. The van der Waals surface area contributed by atoms with E-state index < -0.39 is 0 Å². The Kier molecular flexibility index (Phi) is 3.97. The summed E-state index contributed by atoms with van der Waals surface area (Å²) in [5, 5.41) is 4.63. The summed E-state index contributed by atoms with van der Waals surface area (Å²) in [6, 6.07) is 6.26. The predicted molar refractivity (Wildman–Crippen MR) is 72.3 cm³/mol. The Hall–Kier alpha value is -1.57. The van der Waals surface area contributed by atoms with Crippen LogP contribution in [0.25, 0.3) is 5.52 Å². The lowest BCUT2D eigenvalue weighted by atomic mass is 10.0. The molecule has 0 unspecified atom stereocenters. The molecule has 0 aliphatic rings. The number of allylic oxidation sites excluding steroid dienone is 1. The number of hydrogen-bond acceptors (Lipinski definition) is 1. The monoisotopic (exact) mass is 228 g/mol. The van der Waals surface area contributed by atoms with Crippen molar-refractivity contribution in [2.45, 2.75) is 39.0 Å². The third kappa shape index (κ3) is 2.57. The molecule has 2 heteroatoms. The number of hydrogen-bond donors (Lipinski definition) is 0. The van der Waals surface area contributed by atoms with Gasteiger partial charge in [0.25, 0.3) is 0 Å². The van der Waals surface area contributed by atoms with Crippen molar-refractivity contribution in [3.8, 4) is 0 Å². The van der Waals surface area contributed by atoms with E-state index in [0.29, 0.717) is 0 Å². The van der Waals surface area contributed by atoms with E-state index in [1.54, 1.807) is 0 Å². The summed E-state index contributed by atoms with van der Waals surface area (Å²) in [5.74, 6) is 0. The highest BCUT2D eigenvalue weighted by molar-refractivity contribution is 5.56. The van der Waals surface area contributed by atoms with E-state index in [4.69, 9.17) is 0 Å². The van der Waals surface area contributed by atoms with E-state index in [-0.39, 0.29) is 0 Å². The molecule has 0 saturated carbocycles. The van der Waals surface area contributed by atoms with Crippen LogP contribution < -0.4 is 0 Å². The van der Waals surface area contributed by atoms with Crippen molar-refractivity contribution >= 4 is 5.52 Å². The summed E-state index contributed by atoms with van der Waals surface area (Å²) in [6.45, 7) is 6.05. The summed E-state index contributed by atoms with van der Waals surface area (Å²) in [7, 11) is 0. The number of rotatable bonds is 6. The molecular weight excluding hydrogens is 208 g/mol. The molecule has 0 fully saturated rings. The quantitative estimate of drug-likeness (QED) is 0.543. The normalized spacial score (nSPS) is 10.9. The molecular formula is C15H20N2. The zero-order valence-electron chi connectivity index (χ0n) is 10.5. The van der Waals surface area contributed by atoms with Gasteiger partial charge in [0.2, 0.25) is 0 Å². The first-order chi connectivity index (χ1) is 8.36. The van der Waals surface area contributed by atoms with E-state index in [0.717, 1.165) is 12.8 Å². The van der Waals surface area contributed by atoms with Gasteiger partial charge in [-0.2, -0.15) is 5.10 Å². The number of fused-ring (bicyclic) bond motifs is 1. The number of pyridine rings is 1. The average Bonchev–Trinajstić information content (AvgIpc) is 2.69. The highest BCUT2D eigenvalue weighted by atomic mass is 15.2. The molecule has 2 aromatic heterocycles. The molecule has 0 spiro atoms. The van der Waals surface area contributed by atoms with Crippen LogP contribution in [0.3, 0.4) is 0 Å². The van der Waals surface area contributed by atoms with Gasteiger partial charge in [-0.3, -0.25) is 0 Å². The molecule has 0 aromatic carbocycles. The third-order valence-corrected chi connectivity index (χ3v) is 3.09. The lowest BCUT2D eigenvalue weighted by molar-refractivity contribution is 0.716. The van der Waals surface area contributed by atoms with Crippen LogP contribution in [0.2, 0.25) is 0 Å². The zero-order valence-corrected chi connectivity index (χ0v) is 10.5. The Morgan fingerprint density at radius 3 is 3.00 bits per heavy atom. The van der Waals surface area contributed by atoms with Gasteiger partial charge in [-0.15, -0.1) is 6.58 Å². The molecule has 0 radical (unpaired) electrons. The molecule has 0 aliphatic heterocycles. The van der Waals surface area contributed by atoms with Crippen LogP contribution in [0.1, 0.15) is 37.4 Å². The first-order valence-electron chi connectivity index (χ1n) is 6.42. The molecule has 0 atom stereocenters. The smallest absolute Gasteiger partial charge is 0.0704 e. The van der Waals surface area contributed by atoms with Gasteiger partial charge in [-0.25, -0.2) is 4.52 Å². The van der Waals surface area contributed by atoms with Crippen molar-refractivity contribution in [2.75, 3.05) is 0 Å². The summed E-state index contributed by atoms with van der Waals surface area (Å²) >= 11 is 0. The van der Waals surface area contributed by atoms with Crippen molar-refractivity contribution in [2.24, 2.45) is 0 Å². The van der Waals surface area contributed by atoms with E-state index in [2.05, 4.69) is 30.7 Å².